The highest BCUT2D eigenvalue weighted by molar-refractivity contribution is 6.19. The van der Waals surface area contributed by atoms with Crippen molar-refractivity contribution in [2.75, 3.05) is 0 Å². The fraction of sp³-hybridized carbons (Fsp3) is 0.0435. The molecule has 674 valence electrons. The molecule has 29 rings (SSSR count). The molecule has 6 heteroatoms. The van der Waals surface area contributed by atoms with Crippen LogP contribution in [0.5, 0.6) is 0 Å². The SMILES string of the molecule is CC1(C)c2ccccc2-c2cccc(-c3ccc4c(c3)c3cc5ccccc5cc3n4-c3cc(-c4nc(-c5ccc6ccccc6c5)c5cc(-c6ccccc6)c(-c6ccccc6)cc5n4)cc4ccccc34)c21.CC1(C)c2ccccc2-c2cccc(-c3ccc4c(c3)c3cc5ccccc5cc3n4-c3cc(-c4nc(-c5ccccc5)c5cc(-c6ccccc6)c(-c6ccccc6)cc5n4)cc4ccccc34)c21. The van der Waals surface area contributed by atoms with Gasteiger partial charge >= 0.3 is 0 Å². The lowest BCUT2D eigenvalue weighted by Crippen LogP contribution is -2.16. The summed E-state index contributed by atoms with van der Waals surface area (Å²) < 4.78 is 4.98. The van der Waals surface area contributed by atoms with E-state index in [9.17, 15) is 0 Å². The summed E-state index contributed by atoms with van der Waals surface area (Å²) in [6.45, 7) is 9.51. The van der Waals surface area contributed by atoms with Crippen molar-refractivity contribution < 1.29 is 0 Å². The molecule has 0 bridgehead atoms. The molecule has 4 aromatic heterocycles. The molecule has 23 aromatic carbocycles. The molecular weight excluding hydrogens is 1740 g/mol. The van der Waals surface area contributed by atoms with Crippen molar-refractivity contribution in [3.63, 3.8) is 0 Å². The summed E-state index contributed by atoms with van der Waals surface area (Å²) in [7, 11) is 0. The summed E-state index contributed by atoms with van der Waals surface area (Å²) in [5.74, 6) is 1.36. The van der Waals surface area contributed by atoms with Crippen LogP contribution in [0.3, 0.4) is 0 Å². The van der Waals surface area contributed by atoms with Gasteiger partial charge < -0.3 is 9.13 Å². The van der Waals surface area contributed by atoms with E-state index in [1.807, 2.05) is 0 Å². The van der Waals surface area contributed by atoms with Crippen LogP contribution in [0.15, 0.2) is 485 Å². The van der Waals surface area contributed by atoms with Crippen LogP contribution >= 0.6 is 0 Å². The van der Waals surface area contributed by atoms with E-state index in [-0.39, 0.29) is 10.8 Å². The van der Waals surface area contributed by atoms with Crippen molar-refractivity contribution in [3.8, 4) is 146 Å². The van der Waals surface area contributed by atoms with Crippen LogP contribution in [0.4, 0.5) is 0 Å². The molecule has 0 aliphatic heterocycles. The number of hydrogen-bond donors (Lipinski definition) is 0. The fourth-order valence-corrected chi connectivity index (χ4v) is 24.1. The lowest BCUT2D eigenvalue weighted by molar-refractivity contribution is 0.662. The molecular formula is C138H92N6. The molecule has 0 fully saturated rings. The Morgan fingerprint density at radius 2 is 0.479 bits per heavy atom. The van der Waals surface area contributed by atoms with Crippen LogP contribution < -0.4 is 0 Å². The van der Waals surface area contributed by atoms with E-state index in [1.54, 1.807) is 0 Å². The lowest BCUT2D eigenvalue weighted by Gasteiger charge is -2.24. The number of hydrogen-bond acceptors (Lipinski definition) is 4. The number of nitrogens with zero attached hydrogens (tertiary/aromatic N) is 6. The topological polar surface area (TPSA) is 61.4 Å². The van der Waals surface area contributed by atoms with Gasteiger partial charge in [-0.05, 0) is 257 Å². The van der Waals surface area contributed by atoms with Crippen molar-refractivity contribution in [3.05, 3.63) is 508 Å². The number of aromatic nitrogens is 6. The monoisotopic (exact) mass is 1830 g/mol. The van der Waals surface area contributed by atoms with E-state index in [0.717, 1.165) is 155 Å². The largest absolute Gasteiger partial charge is 0.309 e. The highest BCUT2D eigenvalue weighted by Gasteiger charge is 2.40. The van der Waals surface area contributed by atoms with Gasteiger partial charge in [-0.15, -0.1) is 0 Å². The smallest absolute Gasteiger partial charge is 0.160 e. The molecule has 27 aromatic rings. The van der Waals surface area contributed by atoms with Crippen molar-refractivity contribution in [2.45, 2.75) is 38.5 Å². The summed E-state index contributed by atoms with van der Waals surface area (Å²) in [4.78, 5) is 22.3. The van der Waals surface area contributed by atoms with Crippen LogP contribution in [-0.4, -0.2) is 29.1 Å². The Morgan fingerprint density at radius 3 is 0.903 bits per heavy atom. The highest BCUT2D eigenvalue weighted by Crippen LogP contribution is 2.56. The molecule has 2 aliphatic rings. The first-order valence-electron chi connectivity index (χ1n) is 49.9. The summed E-state index contributed by atoms with van der Waals surface area (Å²) >= 11 is 0. The zero-order valence-corrected chi connectivity index (χ0v) is 79.9. The van der Waals surface area contributed by atoms with E-state index < -0.39 is 0 Å². The van der Waals surface area contributed by atoms with Crippen LogP contribution in [0.1, 0.15) is 49.9 Å². The molecule has 6 nitrogen and oxygen atoms in total. The van der Waals surface area contributed by atoms with Gasteiger partial charge in [0.25, 0.3) is 0 Å². The van der Waals surface area contributed by atoms with Crippen LogP contribution in [-0.2, 0) is 10.8 Å². The molecule has 0 radical (unpaired) electrons. The average molecular weight is 1830 g/mol. The zero-order chi connectivity index (χ0) is 95.6. The molecule has 0 N–H and O–H groups in total. The normalized spacial score (nSPS) is 12.8. The minimum Gasteiger partial charge on any atom is -0.309 e. The van der Waals surface area contributed by atoms with Gasteiger partial charge in [0.2, 0.25) is 0 Å². The van der Waals surface area contributed by atoms with Gasteiger partial charge in [-0.3, -0.25) is 0 Å². The van der Waals surface area contributed by atoms with Gasteiger partial charge in [0.05, 0.1) is 55.9 Å². The summed E-state index contributed by atoms with van der Waals surface area (Å²) in [5, 5.41) is 18.6. The molecule has 0 spiro atoms. The molecule has 0 saturated carbocycles. The van der Waals surface area contributed by atoms with Gasteiger partial charge in [-0.25, -0.2) is 19.9 Å². The second-order valence-corrected chi connectivity index (χ2v) is 39.8. The Labute approximate surface area is 834 Å². The molecule has 144 heavy (non-hydrogen) atoms. The third-order valence-electron chi connectivity index (χ3n) is 30.8. The quantitative estimate of drug-likeness (QED) is 0.122. The standard InChI is InChI=1S/C71H47N3.C67H45N3/c1-71(2)63-31-16-15-28-56(63)57-30-17-29-55(68(57)71)51-34-35-65-60(39-51)61-38-48-24-11-12-25-49(48)40-67(61)74(65)66-41-53(37-50-26-13-14-27-54(50)66)70-72-64-43-59(46-21-7-4-8-22-46)58(45-19-5-3-6-20-45)42-62(64)69(73-70)52-33-32-44-18-9-10-23-47(44)36-52;1-67(2)59-32-17-16-29-52(59)53-31-18-30-51(64(53)67)48-33-34-61-56(37-48)57-36-45-25-12-13-26-46(45)38-63(57)70(61)62-39-49(35-47-27-14-15-28-50(47)62)66-68-60-41-55(43-21-8-4-9-22-43)54(42-19-6-3-7-20-42)40-58(60)65(69-66)44-23-10-5-11-24-44/h3-43H,1-2H3;3-41H,1-2H3. The van der Waals surface area contributed by atoms with Crippen LogP contribution in [0.2, 0.25) is 0 Å². The van der Waals surface area contributed by atoms with Crippen molar-refractivity contribution >= 4 is 119 Å². The minimum atomic E-state index is -0.146. The minimum absolute atomic E-state index is 0.139. The van der Waals surface area contributed by atoms with Gasteiger partial charge in [0.1, 0.15) is 0 Å². The predicted octanol–water partition coefficient (Wildman–Crippen LogP) is 36.5. The molecule has 0 atom stereocenters. The second-order valence-electron chi connectivity index (χ2n) is 39.8. The summed E-state index contributed by atoms with van der Waals surface area (Å²) in [6, 6.07) is 177. The fourth-order valence-electron chi connectivity index (χ4n) is 24.1. The van der Waals surface area contributed by atoms with E-state index in [0.29, 0.717) is 11.6 Å². The van der Waals surface area contributed by atoms with Crippen molar-refractivity contribution in [1.82, 2.24) is 29.1 Å². The Morgan fingerprint density at radius 1 is 0.167 bits per heavy atom. The van der Waals surface area contributed by atoms with E-state index in [1.165, 1.54) is 121 Å². The molecule has 0 unspecified atom stereocenters. The van der Waals surface area contributed by atoms with Gasteiger partial charge in [0.15, 0.2) is 11.6 Å². The van der Waals surface area contributed by atoms with Gasteiger partial charge in [0, 0.05) is 76.2 Å². The first-order valence-corrected chi connectivity index (χ1v) is 49.9. The van der Waals surface area contributed by atoms with E-state index in [4.69, 9.17) is 19.9 Å². The Hall–Kier alpha value is -18.4. The van der Waals surface area contributed by atoms with E-state index >= 15 is 0 Å². The third kappa shape index (κ3) is 13.6. The number of rotatable bonds is 12. The molecule has 0 saturated heterocycles. The highest BCUT2D eigenvalue weighted by atomic mass is 15.0. The molecule has 4 heterocycles. The van der Waals surface area contributed by atoms with Crippen LogP contribution in [0.25, 0.3) is 265 Å². The maximum atomic E-state index is 5.66. The first kappa shape index (κ1) is 83.8. The third-order valence-corrected chi connectivity index (χ3v) is 30.8. The molecule has 2 aliphatic carbocycles. The first-order chi connectivity index (χ1) is 70.9. The molecule has 0 amide bonds. The average Bonchev–Trinajstić information content (AvgIpc) is 1.56. The zero-order valence-electron chi connectivity index (χ0n) is 79.9. The number of fused-ring (bicyclic) bond motifs is 19. The maximum absolute atomic E-state index is 5.66. The Bertz CT molecular complexity index is 10000. The summed E-state index contributed by atoms with van der Waals surface area (Å²) in [5.41, 5.74) is 39.1. The second kappa shape index (κ2) is 33.2. The number of benzene rings is 23. The Kier molecular flexibility index (Phi) is 19.3. The van der Waals surface area contributed by atoms with Crippen molar-refractivity contribution in [1.29, 1.82) is 0 Å². The lowest BCUT2D eigenvalue weighted by atomic mass is 9.79. The Balaban J connectivity index is 0.000000140. The maximum Gasteiger partial charge on any atom is 0.160 e. The van der Waals surface area contributed by atoms with E-state index in [2.05, 4.69) is 522 Å². The van der Waals surface area contributed by atoms with Crippen molar-refractivity contribution in [2.24, 2.45) is 0 Å². The predicted molar refractivity (Wildman–Crippen MR) is 605 cm³/mol. The van der Waals surface area contributed by atoms with Crippen LogP contribution in [0, 0.1) is 0 Å². The van der Waals surface area contributed by atoms with Gasteiger partial charge in [-0.1, -0.05) is 410 Å². The van der Waals surface area contributed by atoms with Gasteiger partial charge in [-0.2, -0.15) is 0 Å². The summed E-state index contributed by atoms with van der Waals surface area (Å²) in [6.07, 6.45) is 0.